The molecule has 3 rings (SSSR count). The molecule has 0 fully saturated rings. The number of ether oxygens (including phenoxy) is 1. The minimum atomic E-state index is -0.236. The Bertz CT molecular complexity index is 971. The summed E-state index contributed by atoms with van der Waals surface area (Å²) in [7, 11) is 0. The van der Waals surface area contributed by atoms with Crippen molar-refractivity contribution >= 4 is 27.5 Å². The van der Waals surface area contributed by atoms with E-state index in [4.69, 9.17) is 11.2 Å². The Labute approximate surface area is 160 Å². The van der Waals surface area contributed by atoms with Crippen LogP contribution < -0.4 is 10.1 Å². The lowest BCUT2D eigenvalue weighted by Gasteiger charge is -2.08. The second kappa shape index (κ2) is 7.89. The molecule has 1 heterocycles. The summed E-state index contributed by atoms with van der Waals surface area (Å²) in [4.78, 5) is 12.6. The highest BCUT2D eigenvalue weighted by atomic mass is 79.9. The molecule has 26 heavy (non-hydrogen) atoms. The molecule has 1 amide bonds. The average Bonchev–Trinajstić information content (AvgIpc) is 3.02. The summed E-state index contributed by atoms with van der Waals surface area (Å²) >= 11 is 3.41. The van der Waals surface area contributed by atoms with Crippen molar-refractivity contribution in [1.29, 1.82) is 0 Å². The summed E-state index contributed by atoms with van der Waals surface area (Å²) in [5.41, 5.74) is 2.77. The normalized spacial score (nSPS) is 10.2. The maximum absolute atomic E-state index is 12.6. The molecule has 130 valence electrons. The van der Waals surface area contributed by atoms with E-state index in [2.05, 4.69) is 32.3 Å². The molecule has 0 saturated carbocycles. The molecule has 0 spiro atoms. The van der Waals surface area contributed by atoms with Crippen LogP contribution in [0.5, 0.6) is 5.75 Å². The van der Waals surface area contributed by atoms with Crippen LogP contribution in [0.15, 0.2) is 59.2 Å². The summed E-state index contributed by atoms with van der Waals surface area (Å²) in [5, 5.41) is 7.19. The standard InChI is InChI=1S/C20H16BrN3O2/c1-3-11-26-18-6-4-5-16(12-18)23-20(25)19-13-22-24(14(19)2)17-9-7-15(21)8-10-17/h1,4-10,12-13H,11H2,2H3,(H,23,25). The van der Waals surface area contributed by atoms with Gasteiger partial charge in [-0.25, -0.2) is 4.68 Å². The lowest BCUT2D eigenvalue weighted by molar-refractivity contribution is 0.102. The van der Waals surface area contributed by atoms with E-state index in [9.17, 15) is 4.79 Å². The number of amides is 1. The third kappa shape index (κ3) is 3.95. The fourth-order valence-corrected chi connectivity index (χ4v) is 2.73. The smallest absolute Gasteiger partial charge is 0.259 e. The monoisotopic (exact) mass is 409 g/mol. The van der Waals surface area contributed by atoms with Crippen molar-refractivity contribution in [2.45, 2.75) is 6.92 Å². The minimum Gasteiger partial charge on any atom is -0.481 e. The highest BCUT2D eigenvalue weighted by Crippen LogP contribution is 2.20. The molecule has 1 aromatic heterocycles. The highest BCUT2D eigenvalue weighted by Gasteiger charge is 2.15. The number of hydrogen-bond donors (Lipinski definition) is 1. The van der Waals surface area contributed by atoms with E-state index in [1.165, 1.54) is 0 Å². The summed E-state index contributed by atoms with van der Waals surface area (Å²) in [6.45, 7) is 2.03. The van der Waals surface area contributed by atoms with Gasteiger partial charge in [0.25, 0.3) is 5.91 Å². The summed E-state index contributed by atoms with van der Waals surface area (Å²) in [5.74, 6) is 2.77. The first-order valence-electron chi connectivity index (χ1n) is 7.86. The number of halogens is 1. The second-order valence-corrected chi connectivity index (χ2v) is 6.42. The van der Waals surface area contributed by atoms with E-state index in [0.29, 0.717) is 17.0 Å². The van der Waals surface area contributed by atoms with Crippen molar-refractivity contribution < 1.29 is 9.53 Å². The van der Waals surface area contributed by atoms with E-state index in [0.717, 1.165) is 15.9 Å². The summed E-state index contributed by atoms with van der Waals surface area (Å²) in [6.07, 6.45) is 6.75. The molecular weight excluding hydrogens is 394 g/mol. The molecule has 0 unspecified atom stereocenters. The minimum absolute atomic E-state index is 0.177. The van der Waals surface area contributed by atoms with E-state index in [1.54, 1.807) is 35.1 Å². The fraction of sp³-hybridized carbons (Fsp3) is 0.100. The SMILES string of the molecule is C#CCOc1cccc(NC(=O)c2cnn(-c3ccc(Br)cc3)c2C)c1. The van der Waals surface area contributed by atoms with Gasteiger partial charge in [-0.1, -0.05) is 27.9 Å². The molecule has 1 N–H and O–H groups in total. The van der Waals surface area contributed by atoms with E-state index in [-0.39, 0.29) is 12.5 Å². The lowest BCUT2D eigenvalue weighted by Crippen LogP contribution is -2.13. The molecule has 0 atom stereocenters. The predicted molar refractivity (Wildman–Crippen MR) is 105 cm³/mol. The topological polar surface area (TPSA) is 56.1 Å². The maximum atomic E-state index is 12.6. The molecule has 5 nitrogen and oxygen atoms in total. The Balaban J connectivity index is 1.79. The van der Waals surface area contributed by atoms with Gasteiger partial charge in [-0.2, -0.15) is 5.10 Å². The quantitative estimate of drug-likeness (QED) is 0.642. The average molecular weight is 410 g/mol. The number of carbonyl (C=O) groups excluding carboxylic acids is 1. The van der Waals surface area contributed by atoms with Crippen LogP contribution >= 0.6 is 15.9 Å². The van der Waals surface area contributed by atoms with E-state index >= 15 is 0 Å². The van der Waals surface area contributed by atoms with Crippen molar-refractivity contribution in [1.82, 2.24) is 9.78 Å². The third-order valence-corrected chi connectivity index (χ3v) is 4.27. The summed E-state index contributed by atoms with van der Waals surface area (Å²) in [6, 6.07) is 14.8. The van der Waals surface area contributed by atoms with E-state index < -0.39 is 0 Å². The van der Waals surface area contributed by atoms with Gasteiger partial charge < -0.3 is 10.1 Å². The zero-order valence-electron chi connectivity index (χ0n) is 14.1. The molecule has 2 aromatic carbocycles. The van der Waals surface area contributed by atoms with Gasteiger partial charge in [0.15, 0.2) is 0 Å². The molecule has 0 aliphatic heterocycles. The van der Waals surface area contributed by atoms with Crippen LogP contribution in [0.1, 0.15) is 16.1 Å². The van der Waals surface area contributed by atoms with Gasteiger partial charge >= 0.3 is 0 Å². The number of benzene rings is 2. The van der Waals surface area contributed by atoms with Gasteiger partial charge in [-0.15, -0.1) is 6.42 Å². The maximum Gasteiger partial charge on any atom is 0.259 e. The van der Waals surface area contributed by atoms with Crippen molar-refractivity contribution in [2.24, 2.45) is 0 Å². The largest absolute Gasteiger partial charge is 0.481 e. The van der Waals surface area contributed by atoms with Crippen LogP contribution in [-0.4, -0.2) is 22.3 Å². The molecule has 6 heteroatoms. The zero-order chi connectivity index (χ0) is 18.5. The first kappa shape index (κ1) is 17.8. The molecule has 0 radical (unpaired) electrons. The van der Waals surface area contributed by atoms with E-state index in [1.807, 2.05) is 31.2 Å². The Morgan fingerprint density at radius 2 is 2.08 bits per heavy atom. The van der Waals surface area contributed by atoms with Gasteiger partial charge in [-0.05, 0) is 43.3 Å². The number of nitrogens with one attached hydrogen (secondary N) is 1. The highest BCUT2D eigenvalue weighted by molar-refractivity contribution is 9.10. The number of nitrogens with zero attached hydrogens (tertiary/aromatic N) is 2. The zero-order valence-corrected chi connectivity index (χ0v) is 15.7. The van der Waals surface area contributed by atoms with Crippen molar-refractivity contribution in [3.63, 3.8) is 0 Å². The third-order valence-electron chi connectivity index (χ3n) is 3.74. The van der Waals surface area contributed by atoms with Crippen molar-refractivity contribution in [3.8, 4) is 23.8 Å². The number of anilines is 1. The molecular formula is C20H16BrN3O2. The number of terminal acetylenes is 1. The van der Waals surface area contributed by atoms with Crippen LogP contribution in [0.25, 0.3) is 5.69 Å². The van der Waals surface area contributed by atoms with Gasteiger partial charge in [0, 0.05) is 16.2 Å². The first-order chi connectivity index (χ1) is 12.6. The number of hydrogen-bond acceptors (Lipinski definition) is 3. The number of carbonyl (C=O) groups is 1. The molecule has 0 bridgehead atoms. The Morgan fingerprint density at radius 1 is 1.31 bits per heavy atom. The van der Waals surface area contributed by atoms with Gasteiger partial charge in [0.05, 0.1) is 23.1 Å². The van der Waals surface area contributed by atoms with Gasteiger partial charge in [0.2, 0.25) is 0 Å². The van der Waals surface area contributed by atoms with Crippen molar-refractivity contribution in [3.05, 3.63) is 70.5 Å². The van der Waals surface area contributed by atoms with Crippen LogP contribution in [0.4, 0.5) is 5.69 Å². The first-order valence-corrected chi connectivity index (χ1v) is 8.66. The van der Waals surface area contributed by atoms with Crippen molar-refractivity contribution in [2.75, 3.05) is 11.9 Å². The van der Waals surface area contributed by atoms with Crippen LogP contribution in [0.2, 0.25) is 0 Å². The number of aromatic nitrogens is 2. The fourth-order valence-electron chi connectivity index (χ4n) is 2.46. The Hall–Kier alpha value is -3.04. The van der Waals surface area contributed by atoms with Crippen LogP contribution in [0.3, 0.4) is 0 Å². The molecule has 0 aliphatic carbocycles. The molecule has 3 aromatic rings. The van der Waals surface area contributed by atoms with Crippen LogP contribution in [0, 0.1) is 19.3 Å². The molecule has 0 aliphatic rings. The summed E-state index contributed by atoms with van der Waals surface area (Å²) < 4.78 is 8.08. The Morgan fingerprint density at radius 3 is 2.81 bits per heavy atom. The second-order valence-electron chi connectivity index (χ2n) is 5.51. The molecule has 0 saturated heterocycles. The van der Waals surface area contributed by atoms with Crippen LogP contribution in [-0.2, 0) is 0 Å². The predicted octanol–water partition coefficient (Wildman–Crippen LogP) is 4.21. The number of rotatable bonds is 5. The Kier molecular flexibility index (Phi) is 5.40. The lowest BCUT2D eigenvalue weighted by atomic mass is 10.2. The van der Waals surface area contributed by atoms with Gasteiger partial charge in [-0.3, -0.25) is 4.79 Å². The van der Waals surface area contributed by atoms with Gasteiger partial charge in [0.1, 0.15) is 12.4 Å².